The van der Waals surface area contributed by atoms with E-state index in [0.717, 1.165) is 39.1 Å². The van der Waals surface area contributed by atoms with E-state index in [1.165, 1.54) is 0 Å². The molecule has 0 fully saturated rings. The van der Waals surface area contributed by atoms with Gasteiger partial charge in [-0.25, -0.2) is 15.0 Å². The zero-order valence-corrected chi connectivity index (χ0v) is 14.3. The highest BCUT2D eigenvalue weighted by atomic mass is 15.0. The summed E-state index contributed by atoms with van der Waals surface area (Å²) >= 11 is 0. The van der Waals surface area contributed by atoms with Crippen LogP contribution in [0.25, 0.3) is 28.4 Å². The summed E-state index contributed by atoms with van der Waals surface area (Å²) in [6.07, 6.45) is 2.49. The summed E-state index contributed by atoms with van der Waals surface area (Å²) in [5.41, 5.74) is 12.4. The lowest BCUT2D eigenvalue weighted by atomic mass is 10.1. The highest BCUT2D eigenvalue weighted by Crippen LogP contribution is 2.24. The van der Waals surface area contributed by atoms with E-state index in [4.69, 9.17) is 10.7 Å². The minimum absolute atomic E-state index is 0.272. The molecule has 0 aliphatic heterocycles. The van der Waals surface area contributed by atoms with Gasteiger partial charge in [0.1, 0.15) is 5.52 Å². The van der Waals surface area contributed by atoms with Crippen LogP contribution in [0.2, 0.25) is 0 Å². The molecule has 0 saturated heterocycles. The van der Waals surface area contributed by atoms with Gasteiger partial charge in [0.15, 0.2) is 0 Å². The average Bonchev–Trinajstić information content (AvgIpc) is 2.68. The number of benzene rings is 2. The largest absolute Gasteiger partial charge is 0.368 e. The normalized spacial score (nSPS) is 10.8. The topological polar surface area (TPSA) is 64.7 Å². The maximum absolute atomic E-state index is 5.90. The highest BCUT2D eigenvalue weighted by Gasteiger charge is 2.10. The van der Waals surface area contributed by atoms with Gasteiger partial charge < -0.3 is 5.73 Å². The van der Waals surface area contributed by atoms with Crippen LogP contribution in [0.4, 0.5) is 5.95 Å². The van der Waals surface area contributed by atoms with Crippen LogP contribution in [0, 0.1) is 0 Å². The number of hydrogen-bond acceptors (Lipinski definition) is 4. The molecule has 2 aromatic carbocycles. The Bertz CT molecular complexity index is 1070. The number of anilines is 1. The molecular formula is C22H18N4. The summed E-state index contributed by atoms with van der Waals surface area (Å²) in [4.78, 5) is 13.6. The van der Waals surface area contributed by atoms with Crippen LogP contribution in [0.3, 0.4) is 0 Å². The molecule has 2 heterocycles. The van der Waals surface area contributed by atoms with Crippen molar-refractivity contribution in [2.45, 2.75) is 6.42 Å². The third-order valence-electron chi connectivity index (χ3n) is 4.29. The summed E-state index contributed by atoms with van der Waals surface area (Å²) in [6.45, 7) is 3.79. The van der Waals surface area contributed by atoms with Crippen LogP contribution in [-0.4, -0.2) is 15.0 Å². The first-order chi connectivity index (χ1) is 12.7. The van der Waals surface area contributed by atoms with Gasteiger partial charge in [-0.2, -0.15) is 0 Å². The predicted octanol–water partition coefficient (Wildman–Crippen LogP) is 4.51. The zero-order valence-electron chi connectivity index (χ0n) is 14.3. The quantitative estimate of drug-likeness (QED) is 0.595. The van der Waals surface area contributed by atoms with E-state index in [0.29, 0.717) is 6.42 Å². The Hall–Kier alpha value is -3.53. The fourth-order valence-electron chi connectivity index (χ4n) is 2.96. The van der Waals surface area contributed by atoms with E-state index in [1.54, 1.807) is 0 Å². The van der Waals surface area contributed by atoms with Crippen molar-refractivity contribution in [1.29, 1.82) is 0 Å². The molecule has 0 atom stereocenters. The molecule has 0 saturated carbocycles. The summed E-state index contributed by atoms with van der Waals surface area (Å²) in [7, 11) is 0. The van der Waals surface area contributed by atoms with Crippen LogP contribution in [0.1, 0.15) is 16.8 Å². The third kappa shape index (κ3) is 3.17. The predicted molar refractivity (Wildman–Crippen MR) is 107 cm³/mol. The Kier molecular flexibility index (Phi) is 4.15. The van der Waals surface area contributed by atoms with Crippen molar-refractivity contribution in [2.24, 2.45) is 0 Å². The molecule has 0 unspecified atom stereocenters. The van der Waals surface area contributed by atoms with Crippen molar-refractivity contribution in [3.8, 4) is 11.3 Å². The minimum atomic E-state index is 0.272. The lowest BCUT2D eigenvalue weighted by Crippen LogP contribution is -2.03. The van der Waals surface area contributed by atoms with Crippen molar-refractivity contribution in [3.05, 3.63) is 90.1 Å². The second-order valence-corrected chi connectivity index (χ2v) is 6.08. The van der Waals surface area contributed by atoms with Crippen LogP contribution in [-0.2, 0) is 6.42 Å². The van der Waals surface area contributed by atoms with Crippen molar-refractivity contribution in [2.75, 3.05) is 5.73 Å². The second-order valence-electron chi connectivity index (χ2n) is 6.08. The molecule has 4 aromatic rings. The fraction of sp³-hybridized carbons (Fsp3) is 0.0455. The monoisotopic (exact) mass is 338 g/mol. The summed E-state index contributed by atoms with van der Waals surface area (Å²) < 4.78 is 0. The molecule has 2 aromatic heterocycles. The van der Waals surface area contributed by atoms with Gasteiger partial charge >= 0.3 is 0 Å². The number of nitrogens with zero attached hydrogens (tertiary/aromatic N) is 3. The molecule has 0 radical (unpaired) electrons. The van der Waals surface area contributed by atoms with Gasteiger partial charge in [0, 0.05) is 12.0 Å². The van der Waals surface area contributed by atoms with Crippen molar-refractivity contribution >= 4 is 23.1 Å². The lowest BCUT2D eigenvalue weighted by Gasteiger charge is -2.09. The van der Waals surface area contributed by atoms with E-state index < -0.39 is 0 Å². The minimum Gasteiger partial charge on any atom is -0.368 e. The SMILES string of the molecule is C=Cc1ccc(-c2ccc3nc(N)nc(Cc4ccccc4)c3n2)cc1. The number of aromatic nitrogens is 3. The van der Waals surface area contributed by atoms with Gasteiger partial charge in [-0.3, -0.25) is 0 Å². The molecule has 0 aliphatic carbocycles. The maximum atomic E-state index is 5.90. The van der Waals surface area contributed by atoms with Crippen molar-refractivity contribution < 1.29 is 0 Å². The van der Waals surface area contributed by atoms with E-state index >= 15 is 0 Å². The first kappa shape index (κ1) is 16.0. The number of nitrogens with two attached hydrogens (primary N) is 1. The van der Waals surface area contributed by atoms with E-state index in [9.17, 15) is 0 Å². The van der Waals surface area contributed by atoms with Gasteiger partial charge in [-0.05, 0) is 23.3 Å². The van der Waals surface area contributed by atoms with E-state index in [1.807, 2.05) is 60.7 Å². The van der Waals surface area contributed by atoms with Gasteiger partial charge in [0.25, 0.3) is 0 Å². The Balaban J connectivity index is 1.81. The number of hydrogen-bond donors (Lipinski definition) is 1. The molecule has 26 heavy (non-hydrogen) atoms. The molecule has 4 rings (SSSR count). The van der Waals surface area contributed by atoms with Crippen LogP contribution in [0.15, 0.2) is 73.3 Å². The standard InChI is InChI=1S/C22H18N4/c1-2-15-8-10-17(11-9-15)18-12-13-19-21(24-18)20(26-22(23)25-19)14-16-6-4-3-5-7-16/h2-13H,1,14H2,(H2,23,25,26). The summed E-state index contributed by atoms with van der Waals surface area (Å²) in [5, 5.41) is 0. The molecule has 4 heteroatoms. The van der Waals surface area contributed by atoms with E-state index in [-0.39, 0.29) is 5.95 Å². The first-order valence-electron chi connectivity index (χ1n) is 8.43. The summed E-state index contributed by atoms with van der Waals surface area (Å²) in [6, 6.07) is 22.2. The van der Waals surface area contributed by atoms with Gasteiger partial charge in [-0.1, -0.05) is 67.3 Å². The Morgan fingerprint density at radius 3 is 2.35 bits per heavy atom. The second kappa shape index (κ2) is 6.76. The van der Waals surface area contributed by atoms with Gasteiger partial charge in [-0.15, -0.1) is 0 Å². The smallest absolute Gasteiger partial charge is 0.220 e. The molecule has 2 N–H and O–H groups in total. The first-order valence-corrected chi connectivity index (χ1v) is 8.43. The molecule has 0 aliphatic rings. The molecular weight excluding hydrogens is 320 g/mol. The highest BCUT2D eigenvalue weighted by molar-refractivity contribution is 5.81. The maximum Gasteiger partial charge on any atom is 0.220 e. The fourth-order valence-corrected chi connectivity index (χ4v) is 2.96. The Labute approximate surface area is 152 Å². The van der Waals surface area contributed by atoms with E-state index in [2.05, 4.69) is 28.7 Å². The number of fused-ring (bicyclic) bond motifs is 1. The molecule has 4 nitrogen and oxygen atoms in total. The average molecular weight is 338 g/mol. The molecule has 0 bridgehead atoms. The van der Waals surface area contributed by atoms with Crippen LogP contribution in [0.5, 0.6) is 0 Å². The number of nitrogen functional groups attached to an aromatic ring is 1. The summed E-state index contributed by atoms with van der Waals surface area (Å²) in [5.74, 6) is 0.272. The molecule has 0 amide bonds. The molecule has 0 spiro atoms. The Morgan fingerprint density at radius 1 is 0.846 bits per heavy atom. The molecule has 126 valence electrons. The van der Waals surface area contributed by atoms with Crippen LogP contribution >= 0.6 is 0 Å². The number of pyridine rings is 1. The zero-order chi connectivity index (χ0) is 17.9. The third-order valence-corrected chi connectivity index (χ3v) is 4.29. The number of rotatable bonds is 4. The van der Waals surface area contributed by atoms with Gasteiger partial charge in [0.05, 0.1) is 16.9 Å². The van der Waals surface area contributed by atoms with Crippen LogP contribution < -0.4 is 5.73 Å². The van der Waals surface area contributed by atoms with Crippen molar-refractivity contribution in [3.63, 3.8) is 0 Å². The van der Waals surface area contributed by atoms with Crippen molar-refractivity contribution in [1.82, 2.24) is 15.0 Å². The Morgan fingerprint density at radius 2 is 1.62 bits per heavy atom. The van der Waals surface area contributed by atoms with Gasteiger partial charge in [0.2, 0.25) is 5.95 Å². The lowest BCUT2D eigenvalue weighted by molar-refractivity contribution is 1.06.